The van der Waals surface area contributed by atoms with Gasteiger partial charge in [0.1, 0.15) is 4.21 Å². The van der Waals surface area contributed by atoms with Gasteiger partial charge in [0.25, 0.3) is 10.0 Å². The molecule has 1 fully saturated rings. The van der Waals surface area contributed by atoms with Gasteiger partial charge in [0.2, 0.25) is 0 Å². The number of hydrogen-bond donors (Lipinski definition) is 1. The van der Waals surface area contributed by atoms with Gasteiger partial charge in [-0.1, -0.05) is 18.5 Å². The van der Waals surface area contributed by atoms with E-state index in [-0.39, 0.29) is 18.4 Å². The zero-order valence-corrected chi connectivity index (χ0v) is 13.8. The Morgan fingerprint density at radius 1 is 1.53 bits per heavy atom. The van der Waals surface area contributed by atoms with Crippen LogP contribution in [0, 0.1) is 0 Å². The summed E-state index contributed by atoms with van der Waals surface area (Å²) in [5, 5.41) is 3.21. The van der Waals surface area contributed by atoms with E-state index in [1.54, 1.807) is 16.4 Å². The highest BCUT2D eigenvalue weighted by atomic mass is 35.5. The highest BCUT2D eigenvalue weighted by Gasteiger charge is 2.33. The first-order chi connectivity index (χ1) is 8.55. The lowest BCUT2D eigenvalue weighted by Crippen LogP contribution is -2.41. The molecule has 0 aliphatic carbocycles. The van der Waals surface area contributed by atoms with Crippen LogP contribution in [0.15, 0.2) is 16.3 Å². The zero-order chi connectivity index (χ0) is 13.2. The van der Waals surface area contributed by atoms with Gasteiger partial charge in [-0.3, -0.25) is 0 Å². The molecule has 0 spiro atoms. The van der Waals surface area contributed by atoms with Crippen LogP contribution in [0.2, 0.25) is 4.34 Å². The summed E-state index contributed by atoms with van der Waals surface area (Å²) < 4.78 is 27.6. The van der Waals surface area contributed by atoms with E-state index in [0.29, 0.717) is 15.1 Å². The van der Waals surface area contributed by atoms with Gasteiger partial charge in [-0.05, 0) is 31.5 Å². The molecular weight excluding hydrogens is 327 g/mol. The summed E-state index contributed by atoms with van der Waals surface area (Å²) in [4.78, 5) is 0. The molecule has 0 saturated carbocycles. The van der Waals surface area contributed by atoms with Crippen molar-refractivity contribution in [3.63, 3.8) is 0 Å². The minimum absolute atomic E-state index is 0. The molecule has 0 aromatic carbocycles. The van der Waals surface area contributed by atoms with Crippen LogP contribution in [-0.4, -0.2) is 38.4 Å². The summed E-state index contributed by atoms with van der Waals surface area (Å²) >= 11 is 6.95. The van der Waals surface area contributed by atoms with Crippen LogP contribution in [0.3, 0.4) is 0 Å². The zero-order valence-electron chi connectivity index (χ0n) is 10.6. The summed E-state index contributed by atoms with van der Waals surface area (Å²) in [6, 6.07) is 3.29. The molecule has 1 N–H and O–H groups in total. The van der Waals surface area contributed by atoms with Crippen LogP contribution in [-0.2, 0) is 10.0 Å². The third kappa shape index (κ3) is 3.83. The summed E-state index contributed by atoms with van der Waals surface area (Å²) in [5.41, 5.74) is 0. The van der Waals surface area contributed by atoms with Gasteiger partial charge in [-0.25, -0.2) is 8.42 Å². The molecule has 1 aliphatic heterocycles. The maximum absolute atomic E-state index is 12.6. The Bertz CT molecular complexity index is 499. The van der Waals surface area contributed by atoms with Gasteiger partial charge in [0.05, 0.1) is 4.34 Å². The lowest BCUT2D eigenvalue weighted by Gasteiger charge is -2.26. The van der Waals surface area contributed by atoms with Crippen molar-refractivity contribution in [2.24, 2.45) is 0 Å². The van der Waals surface area contributed by atoms with E-state index in [4.69, 9.17) is 11.6 Å². The maximum atomic E-state index is 12.6. The fourth-order valence-corrected chi connectivity index (χ4v) is 5.51. The molecule has 8 heteroatoms. The second-order valence-electron chi connectivity index (χ2n) is 4.32. The molecule has 2 rings (SSSR count). The van der Waals surface area contributed by atoms with Gasteiger partial charge in [0, 0.05) is 19.1 Å². The second-order valence-corrected chi connectivity index (χ2v) is 8.15. The molecule has 19 heavy (non-hydrogen) atoms. The van der Waals surface area contributed by atoms with E-state index in [1.807, 2.05) is 6.92 Å². The summed E-state index contributed by atoms with van der Waals surface area (Å²) in [6.07, 6.45) is 1.69. The highest BCUT2D eigenvalue weighted by molar-refractivity contribution is 7.91. The first kappa shape index (κ1) is 17.2. The number of nitrogens with zero attached hydrogens (tertiary/aromatic N) is 1. The van der Waals surface area contributed by atoms with Crippen molar-refractivity contribution in [2.45, 2.75) is 30.0 Å². The molecule has 110 valence electrons. The molecule has 1 atom stereocenters. The number of thiophene rings is 1. The third-order valence-corrected chi connectivity index (χ3v) is 6.65. The van der Waals surface area contributed by atoms with Crippen molar-refractivity contribution in [1.82, 2.24) is 9.62 Å². The highest BCUT2D eigenvalue weighted by Crippen LogP contribution is 2.30. The van der Waals surface area contributed by atoms with Gasteiger partial charge in [-0.2, -0.15) is 4.31 Å². The average Bonchev–Trinajstić information content (AvgIpc) is 2.96. The standard InChI is InChI=1S/C11H17ClN2O2S2.ClH/c1-2-7-14(9-5-6-13-8-9)18(15,16)11-4-3-10(12)17-11;/h3-4,9,13H,2,5-8H2,1H3;1H. The minimum atomic E-state index is -3.40. The maximum Gasteiger partial charge on any atom is 0.252 e. The van der Waals surface area contributed by atoms with Crippen molar-refractivity contribution in [2.75, 3.05) is 19.6 Å². The summed E-state index contributed by atoms with van der Waals surface area (Å²) in [6.45, 7) is 4.17. The van der Waals surface area contributed by atoms with E-state index in [0.717, 1.165) is 37.3 Å². The van der Waals surface area contributed by atoms with E-state index in [2.05, 4.69) is 5.32 Å². The van der Waals surface area contributed by atoms with Crippen LogP contribution in [0.25, 0.3) is 0 Å². The predicted octanol–water partition coefficient (Wildman–Crippen LogP) is 2.59. The number of halogens is 2. The number of sulfonamides is 1. The van der Waals surface area contributed by atoms with Gasteiger partial charge >= 0.3 is 0 Å². The Morgan fingerprint density at radius 2 is 2.26 bits per heavy atom. The van der Waals surface area contributed by atoms with Crippen LogP contribution in [0.1, 0.15) is 19.8 Å². The molecular formula is C11H18Cl2N2O2S2. The Kier molecular flexibility index (Phi) is 6.56. The van der Waals surface area contributed by atoms with Gasteiger partial charge < -0.3 is 5.32 Å². The third-order valence-electron chi connectivity index (χ3n) is 3.00. The predicted molar refractivity (Wildman–Crippen MR) is 82.0 cm³/mol. The van der Waals surface area contributed by atoms with Crippen LogP contribution < -0.4 is 5.32 Å². The Balaban J connectivity index is 0.00000180. The molecule has 0 amide bonds. The lowest BCUT2D eigenvalue weighted by atomic mass is 10.2. The minimum Gasteiger partial charge on any atom is -0.315 e. The first-order valence-corrected chi connectivity index (χ1v) is 8.67. The molecule has 4 nitrogen and oxygen atoms in total. The fourth-order valence-electron chi connectivity index (χ4n) is 2.16. The number of rotatable bonds is 5. The quantitative estimate of drug-likeness (QED) is 0.892. The van der Waals surface area contributed by atoms with E-state index >= 15 is 0 Å². The van der Waals surface area contributed by atoms with Crippen molar-refractivity contribution < 1.29 is 8.42 Å². The van der Waals surface area contributed by atoms with Crippen LogP contribution in [0.4, 0.5) is 0 Å². The number of hydrogen-bond acceptors (Lipinski definition) is 4. The average molecular weight is 345 g/mol. The lowest BCUT2D eigenvalue weighted by molar-refractivity contribution is 0.336. The monoisotopic (exact) mass is 344 g/mol. The van der Waals surface area contributed by atoms with Crippen molar-refractivity contribution in [3.8, 4) is 0 Å². The largest absolute Gasteiger partial charge is 0.315 e. The topological polar surface area (TPSA) is 49.4 Å². The van der Waals surface area contributed by atoms with Gasteiger partial charge in [-0.15, -0.1) is 23.7 Å². The summed E-state index contributed by atoms with van der Waals surface area (Å²) in [5.74, 6) is 0. The van der Waals surface area contributed by atoms with E-state index < -0.39 is 10.0 Å². The Morgan fingerprint density at radius 3 is 2.74 bits per heavy atom. The normalized spacial score (nSPS) is 19.6. The van der Waals surface area contributed by atoms with Crippen LogP contribution >= 0.6 is 35.3 Å². The molecule has 1 aromatic heterocycles. The van der Waals surface area contributed by atoms with Crippen molar-refractivity contribution in [3.05, 3.63) is 16.5 Å². The van der Waals surface area contributed by atoms with E-state index in [9.17, 15) is 8.42 Å². The van der Waals surface area contributed by atoms with Crippen LogP contribution in [0.5, 0.6) is 0 Å². The number of nitrogens with one attached hydrogen (secondary N) is 1. The molecule has 1 saturated heterocycles. The Labute approximate surface area is 129 Å². The van der Waals surface area contributed by atoms with E-state index in [1.165, 1.54) is 0 Å². The molecule has 2 heterocycles. The van der Waals surface area contributed by atoms with Gasteiger partial charge in [0.15, 0.2) is 0 Å². The molecule has 1 aromatic rings. The second kappa shape index (κ2) is 7.24. The molecule has 0 radical (unpaired) electrons. The molecule has 0 bridgehead atoms. The SMILES string of the molecule is CCCN(C1CCNC1)S(=O)(=O)c1ccc(Cl)s1.Cl. The van der Waals surface area contributed by atoms with Crippen molar-refractivity contribution >= 4 is 45.4 Å². The summed E-state index contributed by atoms with van der Waals surface area (Å²) in [7, 11) is -3.40. The first-order valence-electron chi connectivity index (χ1n) is 6.03. The molecule has 1 unspecified atom stereocenters. The smallest absolute Gasteiger partial charge is 0.252 e. The van der Waals surface area contributed by atoms with Crippen molar-refractivity contribution in [1.29, 1.82) is 0 Å². The molecule has 1 aliphatic rings. The fraction of sp³-hybridized carbons (Fsp3) is 0.636. The Hall–Kier alpha value is 0.150.